The number of carbonyl (C=O) groups is 1. The van der Waals surface area contributed by atoms with E-state index in [1.165, 1.54) is 26.2 Å². The van der Waals surface area contributed by atoms with Crippen LogP contribution >= 0.6 is 11.6 Å². The van der Waals surface area contributed by atoms with E-state index in [0.717, 1.165) is 19.3 Å². The highest BCUT2D eigenvalue weighted by Crippen LogP contribution is 2.15. The zero-order chi connectivity index (χ0) is 13.8. The lowest BCUT2D eigenvalue weighted by Gasteiger charge is -2.22. The van der Waals surface area contributed by atoms with Gasteiger partial charge in [-0.05, 0) is 12.8 Å². The first-order valence-electron chi connectivity index (χ1n) is 6.63. The van der Waals surface area contributed by atoms with Crippen molar-refractivity contribution in [3.05, 3.63) is 12.7 Å². The molecular weight excluding hydrogens is 252 g/mol. The van der Waals surface area contributed by atoms with Crippen LogP contribution in [0.1, 0.15) is 52.4 Å². The molecule has 0 aromatic carbocycles. The number of esters is 1. The van der Waals surface area contributed by atoms with Crippen molar-refractivity contribution in [1.29, 1.82) is 0 Å². The fourth-order valence-corrected chi connectivity index (χ4v) is 1.86. The molecule has 0 spiro atoms. The smallest absolute Gasteiger partial charge is 0.304 e. The van der Waals surface area contributed by atoms with Gasteiger partial charge < -0.3 is 9.47 Å². The molecule has 0 aliphatic carbocycles. The minimum Gasteiger partial charge on any atom is -0.435 e. The molecule has 0 aromatic rings. The third-order valence-corrected chi connectivity index (χ3v) is 2.83. The minimum atomic E-state index is -0.653. The normalized spacial score (nSPS) is 13.9. The maximum Gasteiger partial charge on any atom is 0.304 e. The van der Waals surface area contributed by atoms with Crippen LogP contribution < -0.4 is 0 Å². The van der Waals surface area contributed by atoms with Crippen molar-refractivity contribution in [3.63, 3.8) is 0 Å². The maximum atomic E-state index is 10.9. The van der Waals surface area contributed by atoms with E-state index in [0.29, 0.717) is 0 Å². The van der Waals surface area contributed by atoms with Gasteiger partial charge in [-0.2, -0.15) is 0 Å². The lowest BCUT2D eigenvalue weighted by molar-refractivity contribution is -0.181. The van der Waals surface area contributed by atoms with E-state index in [-0.39, 0.29) is 18.0 Å². The molecule has 0 heterocycles. The van der Waals surface area contributed by atoms with Crippen LogP contribution in [-0.4, -0.2) is 24.2 Å². The minimum absolute atomic E-state index is 0.0301. The van der Waals surface area contributed by atoms with Crippen molar-refractivity contribution in [2.75, 3.05) is 5.88 Å². The summed E-state index contributed by atoms with van der Waals surface area (Å²) in [5, 5.41) is 0. The summed E-state index contributed by atoms with van der Waals surface area (Å²) in [7, 11) is 0. The molecular formula is C14H25ClO3. The number of ether oxygens (including phenoxy) is 2. The number of halogens is 1. The van der Waals surface area contributed by atoms with Gasteiger partial charge in [-0.15, -0.1) is 18.2 Å². The fourth-order valence-electron chi connectivity index (χ4n) is 1.72. The van der Waals surface area contributed by atoms with E-state index < -0.39 is 6.29 Å². The number of unbranched alkanes of at least 4 members (excludes halogenated alkanes) is 3. The zero-order valence-corrected chi connectivity index (χ0v) is 12.2. The molecule has 0 rings (SSSR count). The number of alkyl halides is 1. The molecule has 0 radical (unpaired) electrons. The van der Waals surface area contributed by atoms with Crippen molar-refractivity contribution in [1.82, 2.24) is 0 Å². The predicted octanol–water partition coefficient (Wildman–Crippen LogP) is 4.05. The number of hydrogen-bond acceptors (Lipinski definition) is 3. The molecule has 2 unspecified atom stereocenters. The Morgan fingerprint density at radius 3 is 2.61 bits per heavy atom. The molecule has 0 N–H and O–H groups in total. The molecule has 0 fully saturated rings. The van der Waals surface area contributed by atoms with Gasteiger partial charge in [0.2, 0.25) is 6.29 Å². The molecule has 0 aliphatic heterocycles. The standard InChI is InChI=1S/C14H25ClO3/c1-4-6-7-8-10-13(9-5-2)18-14(11-15)17-12(3)16/h5,13-14H,2,4,6-11H2,1,3H3. The molecule has 0 saturated heterocycles. The second-order valence-corrected chi connectivity index (χ2v) is 4.63. The van der Waals surface area contributed by atoms with Gasteiger partial charge in [0.1, 0.15) is 0 Å². The monoisotopic (exact) mass is 276 g/mol. The second-order valence-electron chi connectivity index (χ2n) is 4.33. The largest absolute Gasteiger partial charge is 0.435 e. The van der Waals surface area contributed by atoms with Gasteiger partial charge in [0, 0.05) is 6.92 Å². The van der Waals surface area contributed by atoms with Crippen LogP contribution in [0.15, 0.2) is 12.7 Å². The lowest BCUT2D eigenvalue weighted by atomic mass is 10.1. The van der Waals surface area contributed by atoms with Gasteiger partial charge in [0.15, 0.2) is 0 Å². The van der Waals surface area contributed by atoms with Crippen molar-refractivity contribution in [3.8, 4) is 0 Å². The summed E-state index contributed by atoms with van der Waals surface area (Å²) in [6, 6.07) is 0. The van der Waals surface area contributed by atoms with Crippen LogP contribution in [0, 0.1) is 0 Å². The Balaban J connectivity index is 4.05. The Hall–Kier alpha value is -0.540. The molecule has 2 atom stereocenters. The van der Waals surface area contributed by atoms with Crippen molar-refractivity contribution in [2.45, 2.75) is 64.8 Å². The third-order valence-electron chi connectivity index (χ3n) is 2.58. The second kappa shape index (κ2) is 11.5. The highest BCUT2D eigenvalue weighted by Gasteiger charge is 2.17. The lowest BCUT2D eigenvalue weighted by Crippen LogP contribution is -2.27. The molecule has 0 saturated carbocycles. The van der Waals surface area contributed by atoms with Gasteiger partial charge in [0.25, 0.3) is 0 Å². The van der Waals surface area contributed by atoms with Crippen LogP contribution in [0.2, 0.25) is 0 Å². The maximum absolute atomic E-state index is 10.9. The van der Waals surface area contributed by atoms with E-state index in [9.17, 15) is 4.79 Å². The molecule has 0 bridgehead atoms. The highest BCUT2D eigenvalue weighted by molar-refractivity contribution is 6.18. The van der Waals surface area contributed by atoms with Gasteiger partial charge in [0.05, 0.1) is 12.0 Å². The van der Waals surface area contributed by atoms with E-state index >= 15 is 0 Å². The van der Waals surface area contributed by atoms with E-state index in [1.807, 2.05) is 6.08 Å². The zero-order valence-electron chi connectivity index (χ0n) is 11.5. The topological polar surface area (TPSA) is 35.5 Å². The molecule has 18 heavy (non-hydrogen) atoms. The van der Waals surface area contributed by atoms with E-state index in [2.05, 4.69) is 13.5 Å². The summed E-state index contributed by atoms with van der Waals surface area (Å²) in [6.45, 7) is 7.25. The van der Waals surface area contributed by atoms with Crippen LogP contribution in [0.5, 0.6) is 0 Å². The summed E-state index contributed by atoms with van der Waals surface area (Å²) in [4.78, 5) is 10.9. The Labute approximate surface area is 115 Å². The van der Waals surface area contributed by atoms with Crippen LogP contribution in [0.3, 0.4) is 0 Å². The van der Waals surface area contributed by atoms with Crippen LogP contribution in [-0.2, 0) is 14.3 Å². The predicted molar refractivity (Wildman–Crippen MR) is 74.7 cm³/mol. The SMILES string of the molecule is C=CCC(CCCCCC)OC(CCl)OC(C)=O. The van der Waals surface area contributed by atoms with Crippen molar-refractivity contribution in [2.24, 2.45) is 0 Å². The van der Waals surface area contributed by atoms with Crippen LogP contribution in [0.25, 0.3) is 0 Å². The number of carbonyl (C=O) groups excluding carboxylic acids is 1. The molecule has 0 aliphatic rings. The Morgan fingerprint density at radius 2 is 2.11 bits per heavy atom. The Bertz CT molecular complexity index is 231. The summed E-state index contributed by atoms with van der Waals surface area (Å²) >= 11 is 5.71. The van der Waals surface area contributed by atoms with Gasteiger partial charge in [-0.25, -0.2) is 0 Å². The molecule has 106 valence electrons. The summed E-state index contributed by atoms with van der Waals surface area (Å²) in [6.07, 6.45) is 7.66. The van der Waals surface area contributed by atoms with Gasteiger partial charge >= 0.3 is 5.97 Å². The fraction of sp³-hybridized carbons (Fsp3) is 0.786. The van der Waals surface area contributed by atoms with Gasteiger partial charge in [-0.3, -0.25) is 4.79 Å². The van der Waals surface area contributed by atoms with Crippen molar-refractivity contribution < 1.29 is 14.3 Å². The highest BCUT2D eigenvalue weighted by atomic mass is 35.5. The molecule has 0 aromatic heterocycles. The molecule has 4 heteroatoms. The third kappa shape index (κ3) is 9.49. The van der Waals surface area contributed by atoms with Crippen molar-refractivity contribution >= 4 is 17.6 Å². The molecule has 3 nitrogen and oxygen atoms in total. The first-order valence-corrected chi connectivity index (χ1v) is 7.17. The average Bonchev–Trinajstić information content (AvgIpc) is 2.33. The van der Waals surface area contributed by atoms with Gasteiger partial charge in [-0.1, -0.05) is 38.7 Å². The summed E-state index contributed by atoms with van der Waals surface area (Å²) in [5.74, 6) is -0.216. The number of hydrogen-bond donors (Lipinski definition) is 0. The Kier molecular flexibility index (Phi) is 11.2. The van der Waals surface area contributed by atoms with E-state index in [4.69, 9.17) is 21.1 Å². The average molecular weight is 277 g/mol. The summed E-state index contributed by atoms with van der Waals surface area (Å²) in [5.41, 5.74) is 0. The van der Waals surface area contributed by atoms with E-state index in [1.54, 1.807) is 0 Å². The van der Waals surface area contributed by atoms with Crippen LogP contribution in [0.4, 0.5) is 0 Å². The summed E-state index contributed by atoms with van der Waals surface area (Å²) < 4.78 is 10.7. The molecule has 0 amide bonds. The first kappa shape index (κ1) is 17.5. The quantitative estimate of drug-likeness (QED) is 0.188. The first-order chi connectivity index (χ1) is 8.63. The Morgan fingerprint density at radius 1 is 1.39 bits per heavy atom. The number of rotatable bonds is 11.